The summed E-state index contributed by atoms with van der Waals surface area (Å²) >= 11 is 0. The number of halogens is 1. The molecule has 0 unspecified atom stereocenters. The zero-order valence-electron chi connectivity index (χ0n) is 14.0. The van der Waals surface area contributed by atoms with E-state index in [4.69, 9.17) is 4.99 Å². The number of hydrogen-bond acceptors (Lipinski definition) is 2. The van der Waals surface area contributed by atoms with Crippen molar-refractivity contribution in [3.8, 4) is 0 Å². The first-order valence-electron chi connectivity index (χ1n) is 8.14. The summed E-state index contributed by atoms with van der Waals surface area (Å²) in [6.07, 6.45) is 5.45. The SMILES string of the molecule is CCNC(=NCCc1ccc(C)nc1)N1CCC(C)CC1.I. The van der Waals surface area contributed by atoms with Gasteiger partial charge in [-0.3, -0.25) is 9.98 Å². The van der Waals surface area contributed by atoms with Gasteiger partial charge in [-0.15, -0.1) is 24.0 Å². The van der Waals surface area contributed by atoms with Crippen LogP contribution in [0.2, 0.25) is 0 Å². The number of likely N-dealkylation sites (tertiary alicyclic amines) is 1. The largest absolute Gasteiger partial charge is 0.357 e. The maximum Gasteiger partial charge on any atom is 0.193 e. The molecule has 1 N–H and O–H groups in total. The van der Waals surface area contributed by atoms with Crippen LogP contribution in [-0.2, 0) is 6.42 Å². The van der Waals surface area contributed by atoms with Crippen LogP contribution in [0.1, 0.15) is 37.9 Å². The van der Waals surface area contributed by atoms with Gasteiger partial charge in [0.15, 0.2) is 5.96 Å². The molecular formula is C17H29IN4. The summed E-state index contributed by atoms with van der Waals surface area (Å²) in [7, 11) is 0. The Kier molecular flexibility index (Phi) is 8.75. The first kappa shape index (κ1) is 19.2. The number of pyridine rings is 1. The Morgan fingerprint density at radius 1 is 1.36 bits per heavy atom. The third-order valence-corrected chi connectivity index (χ3v) is 4.05. The lowest BCUT2D eigenvalue weighted by molar-refractivity contribution is 0.273. The molecule has 4 nitrogen and oxygen atoms in total. The van der Waals surface area contributed by atoms with Crippen molar-refractivity contribution in [2.75, 3.05) is 26.2 Å². The molecule has 1 aliphatic rings. The van der Waals surface area contributed by atoms with Gasteiger partial charge >= 0.3 is 0 Å². The van der Waals surface area contributed by atoms with Crippen molar-refractivity contribution in [3.05, 3.63) is 29.6 Å². The van der Waals surface area contributed by atoms with Gasteiger partial charge in [0.05, 0.1) is 0 Å². The molecule has 0 aliphatic carbocycles. The number of guanidine groups is 1. The minimum Gasteiger partial charge on any atom is -0.357 e. The summed E-state index contributed by atoms with van der Waals surface area (Å²) in [6, 6.07) is 4.21. The highest BCUT2D eigenvalue weighted by Crippen LogP contribution is 2.15. The van der Waals surface area contributed by atoms with Crippen LogP contribution in [0, 0.1) is 12.8 Å². The molecule has 2 heterocycles. The molecule has 0 atom stereocenters. The first-order valence-corrected chi connectivity index (χ1v) is 8.14. The van der Waals surface area contributed by atoms with Crippen molar-refractivity contribution in [2.45, 2.75) is 40.0 Å². The average Bonchev–Trinajstić information content (AvgIpc) is 2.49. The maximum atomic E-state index is 4.78. The number of hydrogen-bond donors (Lipinski definition) is 1. The van der Waals surface area contributed by atoms with E-state index >= 15 is 0 Å². The highest BCUT2D eigenvalue weighted by molar-refractivity contribution is 14.0. The summed E-state index contributed by atoms with van der Waals surface area (Å²) < 4.78 is 0. The molecule has 1 fully saturated rings. The van der Waals surface area contributed by atoms with Gasteiger partial charge in [-0.1, -0.05) is 13.0 Å². The molecule has 0 spiro atoms. The van der Waals surface area contributed by atoms with Gasteiger partial charge in [0.1, 0.15) is 0 Å². The lowest BCUT2D eigenvalue weighted by Gasteiger charge is -2.33. The van der Waals surface area contributed by atoms with Crippen molar-refractivity contribution in [3.63, 3.8) is 0 Å². The summed E-state index contributed by atoms with van der Waals surface area (Å²) in [4.78, 5) is 11.5. The Morgan fingerprint density at radius 3 is 2.68 bits per heavy atom. The molecule has 5 heteroatoms. The van der Waals surface area contributed by atoms with Crippen LogP contribution < -0.4 is 5.32 Å². The van der Waals surface area contributed by atoms with Gasteiger partial charge in [0.25, 0.3) is 0 Å². The summed E-state index contributed by atoms with van der Waals surface area (Å²) in [5, 5.41) is 3.42. The molecule has 0 saturated carbocycles. The van der Waals surface area contributed by atoms with Crippen LogP contribution in [-0.4, -0.2) is 42.0 Å². The molecule has 1 aromatic rings. The van der Waals surface area contributed by atoms with E-state index in [1.807, 2.05) is 13.1 Å². The van der Waals surface area contributed by atoms with Gasteiger partial charge in [-0.05, 0) is 50.7 Å². The number of nitrogens with zero attached hydrogens (tertiary/aromatic N) is 3. The molecule has 0 amide bonds. The molecule has 0 aromatic carbocycles. The number of piperidine rings is 1. The quantitative estimate of drug-likeness (QED) is 0.466. The van der Waals surface area contributed by atoms with E-state index in [1.54, 1.807) is 0 Å². The van der Waals surface area contributed by atoms with Crippen LogP contribution in [0.3, 0.4) is 0 Å². The average molecular weight is 416 g/mol. The summed E-state index contributed by atoms with van der Waals surface area (Å²) in [5.41, 5.74) is 2.32. The lowest BCUT2D eigenvalue weighted by Crippen LogP contribution is -2.45. The van der Waals surface area contributed by atoms with Crippen LogP contribution in [0.25, 0.3) is 0 Å². The van der Waals surface area contributed by atoms with Crippen LogP contribution in [0.5, 0.6) is 0 Å². The zero-order valence-corrected chi connectivity index (χ0v) is 16.3. The number of nitrogens with one attached hydrogen (secondary N) is 1. The van der Waals surface area contributed by atoms with Crippen LogP contribution >= 0.6 is 24.0 Å². The van der Waals surface area contributed by atoms with Crippen molar-refractivity contribution < 1.29 is 0 Å². The second-order valence-electron chi connectivity index (χ2n) is 5.96. The van der Waals surface area contributed by atoms with E-state index in [0.717, 1.165) is 50.2 Å². The van der Waals surface area contributed by atoms with Crippen molar-refractivity contribution in [1.29, 1.82) is 0 Å². The van der Waals surface area contributed by atoms with Gasteiger partial charge in [0.2, 0.25) is 0 Å². The Labute approximate surface area is 151 Å². The molecule has 0 radical (unpaired) electrons. The minimum atomic E-state index is 0. The maximum absolute atomic E-state index is 4.78. The third-order valence-electron chi connectivity index (χ3n) is 4.05. The third kappa shape index (κ3) is 6.10. The molecule has 2 rings (SSSR count). The fourth-order valence-electron chi connectivity index (χ4n) is 2.58. The standard InChI is InChI=1S/C17H28N4.HI/c1-4-18-17(21-11-8-14(2)9-12-21)19-10-7-16-6-5-15(3)20-13-16;/h5-6,13-14H,4,7-12H2,1-3H3,(H,18,19);1H. The predicted octanol–water partition coefficient (Wildman–Crippen LogP) is 3.25. The number of rotatable bonds is 4. The topological polar surface area (TPSA) is 40.5 Å². The highest BCUT2D eigenvalue weighted by atomic mass is 127. The molecule has 124 valence electrons. The number of aromatic nitrogens is 1. The second kappa shape index (κ2) is 10.0. The van der Waals surface area contributed by atoms with E-state index < -0.39 is 0 Å². The first-order chi connectivity index (χ1) is 10.2. The predicted molar refractivity (Wildman–Crippen MR) is 104 cm³/mol. The minimum absolute atomic E-state index is 0. The van der Waals surface area contributed by atoms with Gasteiger partial charge in [0, 0.05) is 38.1 Å². The Morgan fingerprint density at radius 2 is 2.09 bits per heavy atom. The van der Waals surface area contributed by atoms with E-state index in [2.05, 4.69) is 41.2 Å². The van der Waals surface area contributed by atoms with E-state index in [1.165, 1.54) is 18.4 Å². The van der Waals surface area contributed by atoms with Crippen LogP contribution in [0.15, 0.2) is 23.3 Å². The molecule has 1 saturated heterocycles. The Bertz CT molecular complexity index is 450. The zero-order chi connectivity index (χ0) is 15.1. The monoisotopic (exact) mass is 416 g/mol. The van der Waals surface area contributed by atoms with E-state index in [0.29, 0.717) is 0 Å². The number of aryl methyl sites for hydroxylation is 1. The molecule has 1 aromatic heterocycles. The van der Waals surface area contributed by atoms with Crippen molar-refractivity contribution in [1.82, 2.24) is 15.2 Å². The fraction of sp³-hybridized carbons (Fsp3) is 0.647. The van der Waals surface area contributed by atoms with Crippen molar-refractivity contribution in [2.24, 2.45) is 10.9 Å². The fourth-order valence-corrected chi connectivity index (χ4v) is 2.58. The Hall–Kier alpha value is -0.850. The molecule has 22 heavy (non-hydrogen) atoms. The number of aliphatic imine (C=N–C) groups is 1. The van der Waals surface area contributed by atoms with E-state index in [-0.39, 0.29) is 24.0 Å². The molecular weight excluding hydrogens is 387 g/mol. The highest BCUT2D eigenvalue weighted by Gasteiger charge is 2.18. The normalized spacial score (nSPS) is 16.3. The van der Waals surface area contributed by atoms with Gasteiger partial charge in [-0.2, -0.15) is 0 Å². The van der Waals surface area contributed by atoms with Gasteiger partial charge in [-0.25, -0.2) is 0 Å². The van der Waals surface area contributed by atoms with Crippen LogP contribution in [0.4, 0.5) is 0 Å². The smallest absolute Gasteiger partial charge is 0.193 e. The molecule has 1 aliphatic heterocycles. The lowest BCUT2D eigenvalue weighted by atomic mass is 10.00. The second-order valence-corrected chi connectivity index (χ2v) is 5.96. The molecule has 0 bridgehead atoms. The van der Waals surface area contributed by atoms with Gasteiger partial charge < -0.3 is 10.2 Å². The Balaban J connectivity index is 0.00000242. The van der Waals surface area contributed by atoms with E-state index in [9.17, 15) is 0 Å². The summed E-state index contributed by atoms with van der Waals surface area (Å²) in [5.74, 6) is 1.92. The van der Waals surface area contributed by atoms with Crippen molar-refractivity contribution >= 4 is 29.9 Å². The summed E-state index contributed by atoms with van der Waals surface area (Å²) in [6.45, 7) is 10.5.